The Morgan fingerprint density at radius 2 is 0.410 bits per heavy atom. The van der Waals surface area contributed by atoms with Crippen molar-refractivity contribution < 1.29 is 4.42 Å². The van der Waals surface area contributed by atoms with Crippen LogP contribution in [0.25, 0.3) is 292 Å². The lowest BCUT2D eigenvalue weighted by Crippen LogP contribution is -1.96. The molecule has 0 aliphatic heterocycles. The molecule has 23 aromatic carbocycles. The van der Waals surface area contributed by atoms with Crippen LogP contribution < -0.4 is 0 Å². The lowest BCUT2D eigenvalue weighted by Gasteiger charge is -2.13. The molecule has 9 nitrogen and oxygen atoms in total. The number of aromatic nitrogens is 8. The second kappa shape index (κ2) is 34.9. The van der Waals surface area contributed by atoms with Gasteiger partial charge in [-0.15, -0.1) is 34.0 Å². The van der Waals surface area contributed by atoms with Gasteiger partial charge in [0.2, 0.25) is 0 Å². The molecule has 0 saturated heterocycles. The quantitative estimate of drug-likeness (QED) is 0.137. The Labute approximate surface area is 837 Å². The van der Waals surface area contributed by atoms with Gasteiger partial charge in [-0.3, -0.25) is 0 Å². The van der Waals surface area contributed by atoms with Crippen molar-refractivity contribution in [2.24, 2.45) is 0 Å². The first-order valence-electron chi connectivity index (χ1n) is 48.3. The summed E-state index contributed by atoms with van der Waals surface area (Å²) in [6.45, 7) is 0. The van der Waals surface area contributed by atoms with E-state index in [4.69, 9.17) is 44.3 Å². The summed E-state index contributed by atoms with van der Waals surface area (Å²) < 4.78 is 14.0. The molecule has 0 fully saturated rings. The Kier molecular flexibility index (Phi) is 20.3. The van der Waals surface area contributed by atoms with Crippen molar-refractivity contribution in [3.63, 3.8) is 0 Å². The van der Waals surface area contributed by atoms with Crippen LogP contribution in [0.4, 0.5) is 0 Å². The van der Waals surface area contributed by atoms with Gasteiger partial charge in [-0.05, 0) is 128 Å². The number of hydrogen-bond acceptors (Lipinski definition) is 12. The molecule has 0 atom stereocenters. The molecule has 670 valence electrons. The Balaban J connectivity index is 0.0000000935. The summed E-state index contributed by atoms with van der Waals surface area (Å²) >= 11 is 5.59. The summed E-state index contributed by atoms with van der Waals surface area (Å²) in [5, 5.41) is 26.9. The minimum Gasteiger partial charge on any atom is -0.456 e. The fraction of sp³-hybridized carbons (Fsp3) is 0. The van der Waals surface area contributed by atoms with Gasteiger partial charge in [0.15, 0.2) is 0 Å². The van der Waals surface area contributed by atoms with E-state index in [0.29, 0.717) is 0 Å². The number of benzene rings is 23. The van der Waals surface area contributed by atoms with E-state index in [1.54, 1.807) is 0 Å². The summed E-state index contributed by atoms with van der Waals surface area (Å²) in [7, 11) is 0. The Morgan fingerprint density at radius 1 is 0.146 bits per heavy atom. The van der Waals surface area contributed by atoms with Gasteiger partial charge in [0.05, 0.1) is 89.7 Å². The number of para-hydroxylation sites is 3. The predicted molar refractivity (Wildman–Crippen MR) is 610 cm³/mol. The molecular formula is C132H78N8OS3. The Bertz CT molecular complexity index is 10700. The predicted octanol–water partition coefficient (Wildman–Crippen LogP) is 36.9. The van der Waals surface area contributed by atoms with Crippen molar-refractivity contribution in [3.8, 4) is 90.1 Å². The zero-order valence-corrected chi connectivity index (χ0v) is 79.7. The first-order chi connectivity index (χ1) is 71.3. The molecule has 0 bridgehead atoms. The van der Waals surface area contributed by atoms with E-state index in [2.05, 4.69) is 400 Å². The summed E-state index contributed by atoms with van der Waals surface area (Å²) in [5.74, 6) is 0. The largest absolute Gasteiger partial charge is 0.456 e. The van der Waals surface area contributed by atoms with Crippen LogP contribution in [0.15, 0.2) is 478 Å². The van der Waals surface area contributed by atoms with Crippen LogP contribution in [0.2, 0.25) is 0 Å². The van der Waals surface area contributed by atoms with Crippen LogP contribution in [0.1, 0.15) is 0 Å². The number of furan rings is 1. The van der Waals surface area contributed by atoms with Crippen LogP contribution in [-0.4, -0.2) is 39.9 Å². The van der Waals surface area contributed by atoms with Gasteiger partial charge in [-0.1, -0.05) is 388 Å². The van der Waals surface area contributed by atoms with Crippen LogP contribution in [0.3, 0.4) is 0 Å². The Hall–Kier alpha value is -18.3. The minimum absolute atomic E-state index is 0.883. The SMILES string of the molecule is c1ccc(-c2nc3c(ccc4ccccc43)nc2-c2ccc3ccc4c5ccccc5sc4c3c2)cc1.c1ccc(-c2nc3ccc4ccccc4c3nc2-c2ccc3c(ccc4oc5ccccc5c43)c2)cc1.c1ccc(-c2nc3ccc4ccccc4c3nc2-c2ccc3ccc4c5ccccc5sc4c3c2)cc1.c1ccc(-c2nc3ccccc3nc2-c2ccc3ccc4c5ccccc5sc4c3c2)cc1. The molecule has 8 aromatic heterocycles. The summed E-state index contributed by atoms with van der Waals surface area (Å²) in [6, 6.07) is 166. The number of thiophene rings is 3. The summed E-state index contributed by atoms with van der Waals surface area (Å²) in [5.41, 5.74) is 25.0. The number of fused-ring (bicyclic) bond motifs is 30. The zero-order valence-electron chi connectivity index (χ0n) is 77.2. The number of nitrogens with zero attached hydrogens (tertiary/aromatic N) is 8. The molecule has 0 aliphatic rings. The van der Waals surface area contributed by atoms with Crippen LogP contribution >= 0.6 is 34.0 Å². The molecule has 0 unspecified atom stereocenters. The van der Waals surface area contributed by atoms with Crippen molar-refractivity contribution in [1.82, 2.24) is 39.9 Å². The molecule has 0 N–H and O–H groups in total. The van der Waals surface area contributed by atoms with Crippen molar-refractivity contribution in [1.29, 1.82) is 0 Å². The molecule has 0 spiro atoms. The van der Waals surface area contributed by atoms with Gasteiger partial charge >= 0.3 is 0 Å². The number of hydrogen-bond donors (Lipinski definition) is 0. The van der Waals surface area contributed by atoms with E-state index in [1.165, 1.54) is 109 Å². The third-order valence-electron chi connectivity index (χ3n) is 28.0. The van der Waals surface area contributed by atoms with Gasteiger partial charge in [0.25, 0.3) is 0 Å². The van der Waals surface area contributed by atoms with Crippen molar-refractivity contribution in [3.05, 3.63) is 473 Å². The summed E-state index contributed by atoms with van der Waals surface area (Å²) in [6.07, 6.45) is 0. The third kappa shape index (κ3) is 14.6. The van der Waals surface area contributed by atoms with Crippen molar-refractivity contribution >= 4 is 236 Å². The highest BCUT2D eigenvalue weighted by atomic mass is 32.1. The Morgan fingerprint density at radius 3 is 0.799 bits per heavy atom. The van der Waals surface area contributed by atoms with E-state index in [0.717, 1.165) is 183 Å². The molecule has 144 heavy (non-hydrogen) atoms. The topological polar surface area (TPSA) is 116 Å². The fourth-order valence-corrected chi connectivity index (χ4v) is 24.7. The zero-order chi connectivity index (χ0) is 94.8. The highest BCUT2D eigenvalue weighted by molar-refractivity contribution is 7.27. The average molecular weight is 1890 g/mol. The first-order valence-corrected chi connectivity index (χ1v) is 50.7. The second-order valence-electron chi connectivity index (χ2n) is 36.5. The smallest absolute Gasteiger partial charge is 0.136 e. The van der Waals surface area contributed by atoms with E-state index >= 15 is 0 Å². The molecule has 31 rings (SSSR count). The van der Waals surface area contributed by atoms with Crippen LogP contribution in [0.5, 0.6) is 0 Å². The summed E-state index contributed by atoms with van der Waals surface area (Å²) in [4.78, 5) is 41.6. The van der Waals surface area contributed by atoms with Gasteiger partial charge in [0, 0.05) is 148 Å². The first kappa shape index (κ1) is 83.8. The van der Waals surface area contributed by atoms with Crippen molar-refractivity contribution in [2.45, 2.75) is 0 Å². The van der Waals surface area contributed by atoms with Crippen LogP contribution in [0, 0.1) is 0 Å². The van der Waals surface area contributed by atoms with Gasteiger partial charge < -0.3 is 4.42 Å². The minimum atomic E-state index is 0.883. The third-order valence-corrected chi connectivity index (χ3v) is 31.6. The average Bonchev–Trinajstić information content (AvgIpc) is 1.60. The molecular weight excluding hydrogens is 1810 g/mol. The number of rotatable bonds is 8. The maximum Gasteiger partial charge on any atom is 0.136 e. The van der Waals surface area contributed by atoms with Crippen LogP contribution in [-0.2, 0) is 0 Å². The van der Waals surface area contributed by atoms with E-state index < -0.39 is 0 Å². The van der Waals surface area contributed by atoms with Gasteiger partial charge in [0.1, 0.15) is 11.2 Å². The molecule has 31 aromatic rings. The van der Waals surface area contributed by atoms with Gasteiger partial charge in [-0.2, -0.15) is 0 Å². The lowest BCUT2D eigenvalue weighted by molar-refractivity contribution is 0.669. The second-order valence-corrected chi connectivity index (χ2v) is 39.7. The highest BCUT2D eigenvalue weighted by Crippen LogP contribution is 2.48. The molecule has 0 aliphatic carbocycles. The molecule has 0 radical (unpaired) electrons. The monoisotopic (exact) mass is 1890 g/mol. The van der Waals surface area contributed by atoms with E-state index in [9.17, 15) is 0 Å². The molecule has 0 saturated carbocycles. The van der Waals surface area contributed by atoms with E-state index in [-0.39, 0.29) is 0 Å². The normalized spacial score (nSPS) is 11.8. The molecule has 0 amide bonds. The lowest BCUT2D eigenvalue weighted by atomic mass is 9.98. The standard InChI is InChI=1S/C34H20N2O.2C34H20N2S.C30H18N2S/c1-2-9-22(10-3-1)32-33(36-34-26-11-5-4-8-21(26)15-18-28(34)35-32)24-14-17-25-23(20-24)16-19-30-31(25)27-12-6-7-13-29(27)37-30;1-2-9-23(10-3-1)31-32(35-29-19-17-21-8-4-5-11-25(21)33(29)36-31)24-15-14-22-16-18-27-26-12-6-7-13-30(26)37-34(27)28(22)20-24;1-2-9-23(10-3-1)31-32(36-33-25-11-5-4-8-21(25)17-19-29(33)35-31)24-15-14-22-16-18-27-26-12-6-7-13-30(26)37-34(27)28(22)20-24;1-2-8-20(9-3-1)28-29(32-26-12-6-5-11-25(26)31-28)21-15-14-19-16-17-23-22-10-4-7-13-27(22)33-30(23)24(19)18-21/h3*1-20H;1-18H. The van der Waals surface area contributed by atoms with Crippen molar-refractivity contribution in [2.75, 3.05) is 0 Å². The highest BCUT2D eigenvalue weighted by Gasteiger charge is 2.24. The molecule has 8 heterocycles. The fourth-order valence-electron chi connectivity index (χ4n) is 21.0. The van der Waals surface area contributed by atoms with E-state index in [1.807, 2.05) is 107 Å². The maximum absolute atomic E-state index is 6.12. The molecule has 12 heteroatoms. The maximum atomic E-state index is 6.12. The van der Waals surface area contributed by atoms with Gasteiger partial charge in [-0.25, -0.2) is 39.9 Å².